The van der Waals surface area contributed by atoms with Crippen molar-refractivity contribution in [3.05, 3.63) is 0 Å². The van der Waals surface area contributed by atoms with Gasteiger partial charge in [0.1, 0.15) is 6.61 Å². The van der Waals surface area contributed by atoms with Crippen molar-refractivity contribution in [2.24, 2.45) is 5.41 Å². The number of hydrogen-bond acceptors (Lipinski definition) is 3. The van der Waals surface area contributed by atoms with Gasteiger partial charge in [-0.3, -0.25) is 4.79 Å². The van der Waals surface area contributed by atoms with Crippen molar-refractivity contribution in [3.8, 4) is 0 Å². The van der Waals surface area contributed by atoms with Crippen molar-refractivity contribution in [3.63, 3.8) is 0 Å². The Labute approximate surface area is 176 Å². The molecule has 0 fully saturated rings. The second-order valence-electron chi connectivity index (χ2n) is 9.53. The maximum Gasteiger partial charge on any atom is 0.305 e. The molecule has 0 unspecified atom stereocenters. The highest BCUT2D eigenvalue weighted by Gasteiger charge is 2.10. The van der Waals surface area contributed by atoms with Gasteiger partial charge in [0.25, 0.3) is 0 Å². The number of ether oxygens (including phenoxy) is 2. The van der Waals surface area contributed by atoms with Crippen molar-refractivity contribution in [2.75, 3.05) is 19.8 Å². The average molecular weight is 399 g/mol. The summed E-state index contributed by atoms with van der Waals surface area (Å²) in [5.74, 6) is -0.0750. The van der Waals surface area contributed by atoms with Crippen LogP contribution in [0.1, 0.15) is 130 Å². The molecule has 3 heteroatoms. The van der Waals surface area contributed by atoms with Crippen molar-refractivity contribution in [2.45, 2.75) is 130 Å². The number of carbonyl (C=O) groups excluding carboxylic acids is 1. The lowest BCUT2D eigenvalue weighted by Crippen LogP contribution is -2.18. The van der Waals surface area contributed by atoms with Crippen LogP contribution in [0.3, 0.4) is 0 Å². The minimum Gasteiger partial charge on any atom is -0.463 e. The van der Waals surface area contributed by atoms with E-state index in [1.54, 1.807) is 0 Å². The summed E-state index contributed by atoms with van der Waals surface area (Å²) < 4.78 is 10.7. The summed E-state index contributed by atoms with van der Waals surface area (Å²) in [5.41, 5.74) is 0.165. The van der Waals surface area contributed by atoms with E-state index < -0.39 is 0 Å². The van der Waals surface area contributed by atoms with Crippen molar-refractivity contribution < 1.29 is 14.3 Å². The van der Waals surface area contributed by atoms with E-state index in [0.717, 1.165) is 12.8 Å². The smallest absolute Gasteiger partial charge is 0.305 e. The highest BCUT2D eigenvalue weighted by molar-refractivity contribution is 5.69. The molecular weight excluding hydrogens is 348 g/mol. The molecule has 0 saturated carbocycles. The average Bonchev–Trinajstić information content (AvgIpc) is 2.63. The number of hydrogen-bond donors (Lipinski definition) is 0. The van der Waals surface area contributed by atoms with Gasteiger partial charge in [0.15, 0.2) is 0 Å². The van der Waals surface area contributed by atoms with E-state index in [9.17, 15) is 4.79 Å². The van der Waals surface area contributed by atoms with Crippen LogP contribution in [0.15, 0.2) is 0 Å². The Morgan fingerprint density at radius 3 is 1.50 bits per heavy atom. The van der Waals surface area contributed by atoms with Gasteiger partial charge in [-0.1, -0.05) is 118 Å². The maximum absolute atomic E-state index is 11.7. The molecule has 0 saturated heterocycles. The lowest BCUT2D eigenvalue weighted by molar-refractivity contribution is -0.145. The number of carbonyl (C=O) groups is 1. The fourth-order valence-corrected chi connectivity index (χ4v) is 3.31. The molecule has 168 valence electrons. The first-order valence-electron chi connectivity index (χ1n) is 12.2. The molecule has 0 aromatic rings. The van der Waals surface area contributed by atoms with E-state index in [-0.39, 0.29) is 11.4 Å². The Morgan fingerprint density at radius 1 is 0.643 bits per heavy atom. The summed E-state index contributed by atoms with van der Waals surface area (Å²) in [6.07, 6.45) is 20.7. The Bertz CT molecular complexity index is 333. The molecule has 0 heterocycles. The van der Waals surface area contributed by atoms with Gasteiger partial charge in [0.05, 0.1) is 13.2 Å². The number of esters is 1. The van der Waals surface area contributed by atoms with Gasteiger partial charge in [-0.05, 0) is 11.8 Å². The first-order valence-corrected chi connectivity index (χ1v) is 12.2. The van der Waals surface area contributed by atoms with Crippen LogP contribution >= 0.6 is 0 Å². The van der Waals surface area contributed by atoms with Gasteiger partial charge in [-0.15, -0.1) is 0 Å². The normalized spacial score (nSPS) is 11.7. The second-order valence-corrected chi connectivity index (χ2v) is 9.53. The third-order valence-electron chi connectivity index (χ3n) is 5.01. The van der Waals surface area contributed by atoms with Crippen LogP contribution in [0.25, 0.3) is 0 Å². The molecule has 28 heavy (non-hydrogen) atoms. The topological polar surface area (TPSA) is 35.5 Å². The van der Waals surface area contributed by atoms with Crippen LogP contribution in [0.4, 0.5) is 0 Å². The second kappa shape index (κ2) is 19.7. The Morgan fingerprint density at radius 2 is 1.07 bits per heavy atom. The first kappa shape index (κ1) is 27.4. The molecule has 0 aliphatic heterocycles. The van der Waals surface area contributed by atoms with Crippen LogP contribution in [0.2, 0.25) is 0 Å². The van der Waals surface area contributed by atoms with Crippen molar-refractivity contribution >= 4 is 5.97 Å². The van der Waals surface area contributed by atoms with Crippen LogP contribution in [0, 0.1) is 5.41 Å². The molecule has 3 nitrogen and oxygen atoms in total. The van der Waals surface area contributed by atoms with E-state index in [1.165, 1.54) is 83.5 Å². The highest BCUT2D eigenvalue weighted by atomic mass is 16.6. The fraction of sp³-hybridized carbons (Fsp3) is 0.960. The zero-order valence-corrected chi connectivity index (χ0v) is 19.7. The molecule has 0 aromatic heterocycles. The Hall–Kier alpha value is -0.570. The van der Waals surface area contributed by atoms with Gasteiger partial charge in [0.2, 0.25) is 0 Å². The van der Waals surface area contributed by atoms with E-state index in [4.69, 9.17) is 9.47 Å². The minimum atomic E-state index is -0.0750. The first-order chi connectivity index (χ1) is 13.5. The molecule has 0 aliphatic carbocycles. The summed E-state index contributed by atoms with van der Waals surface area (Å²) >= 11 is 0. The van der Waals surface area contributed by atoms with Crippen molar-refractivity contribution in [1.82, 2.24) is 0 Å². The molecule has 0 spiro atoms. The molecule has 0 radical (unpaired) electrons. The molecule has 0 rings (SSSR count). The fourth-order valence-electron chi connectivity index (χ4n) is 3.31. The third-order valence-corrected chi connectivity index (χ3v) is 5.01. The molecule has 0 atom stereocenters. The van der Waals surface area contributed by atoms with Gasteiger partial charge in [-0.2, -0.15) is 0 Å². The third kappa shape index (κ3) is 23.5. The summed E-state index contributed by atoms with van der Waals surface area (Å²) in [7, 11) is 0. The number of rotatable bonds is 20. The molecule has 0 aromatic carbocycles. The summed E-state index contributed by atoms with van der Waals surface area (Å²) in [6, 6.07) is 0. The van der Waals surface area contributed by atoms with Crippen LogP contribution in [-0.4, -0.2) is 25.8 Å². The van der Waals surface area contributed by atoms with E-state index in [0.29, 0.717) is 26.2 Å². The van der Waals surface area contributed by atoms with Crippen LogP contribution < -0.4 is 0 Å². The van der Waals surface area contributed by atoms with Crippen LogP contribution in [-0.2, 0) is 14.3 Å². The van der Waals surface area contributed by atoms with Crippen molar-refractivity contribution in [1.29, 1.82) is 0 Å². The van der Waals surface area contributed by atoms with E-state index in [2.05, 4.69) is 27.7 Å². The molecule has 0 amide bonds. The maximum atomic E-state index is 11.7. The lowest BCUT2D eigenvalue weighted by Gasteiger charge is -2.17. The quantitative estimate of drug-likeness (QED) is 0.155. The Balaban J connectivity index is 3.17. The molecule has 0 N–H and O–H groups in total. The van der Waals surface area contributed by atoms with Gasteiger partial charge >= 0.3 is 5.97 Å². The summed E-state index contributed by atoms with van der Waals surface area (Å²) in [5, 5.41) is 0. The zero-order chi connectivity index (χ0) is 20.9. The van der Waals surface area contributed by atoms with Gasteiger partial charge in [-0.25, -0.2) is 0 Å². The Kier molecular flexibility index (Phi) is 19.3. The van der Waals surface area contributed by atoms with E-state index >= 15 is 0 Å². The summed E-state index contributed by atoms with van der Waals surface area (Å²) in [6.45, 7) is 10.3. The lowest BCUT2D eigenvalue weighted by atomic mass is 9.99. The van der Waals surface area contributed by atoms with E-state index in [1.807, 2.05) is 0 Å². The van der Waals surface area contributed by atoms with Gasteiger partial charge < -0.3 is 9.47 Å². The predicted molar refractivity (Wildman–Crippen MR) is 121 cm³/mol. The largest absolute Gasteiger partial charge is 0.463 e. The number of unbranched alkanes of at least 4 members (excludes halogenated alkanes) is 14. The monoisotopic (exact) mass is 398 g/mol. The molecule has 0 bridgehead atoms. The summed E-state index contributed by atoms with van der Waals surface area (Å²) in [4.78, 5) is 11.7. The van der Waals surface area contributed by atoms with Gasteiger partial charge in [0, 0.05) is 6.42 Å². The zero-order valence-electron chi connectivity index (χ0n) is 19.7. The SMILES string of the molecule is CCCCCCCCCCCCCCCCCC(=O)OCCOCC(C)(C)C. The molecule has 0 aliphatic rings. The predicted octanol–water partition coefficient (Wildman–Crippen LogP) is 7.85. The standard InChI is InChI=1S/C25H50O3/c1-5-6-7-8-9-10-11-12-13-14-15-16-17-18-19-20-24(26)28-22-21-27-23-25(2,3)4/h5-23H2,1-4H3. The highest BCUT2D eigenvalue weighted by Crippen LogP contribution is 2.14. The van der Waals surface area contributed by atoms with Crippen LogP contribution in [0.5, 0.6) is 0 Å². The minimum absolute atomic E-state index is 0.0750. The molecular formula is C25H50O3.